The Labute approximate surface area is 122 Å². The largest absolute Gasteiger partial charge is 0.326 e. The second-order valence-electron chi connectivity index (χ2n) is 4.73. The molecule has 2 aromatic carbocycles. The Kier molecular flexibility index (Phi) is 3.62. The SMILES string of the molecule is NCc1cccc(NC(=O)c2ccnc3ccccc23)c1. The van der Waals surface area contributed by atoms with E-state index in [-0.39, 0.29) is 5.91 Å². The molecule has 0 bridgehead atoms. The first-order valence-electron chi connectivity index (χ1n) is 6.72. The molecule has 3 rings (SSSR count). The smallest absolute Gasteiger partial charge is 0.256 e. The maximum atomic E-state index is 12.5. The molecule has 0 aliphatic rings. The lowest BCUT2D eigenvalue weighted by atomic mass is 10.1. The normalized spacial score (nSPS) is 10.5. The Morgan fingerprint density at radius 1 is 1.10 bits per heavy atom. The summed E-state index contributed by atoms with van der Waals surface area (Å²) in [5.41, 5.74) is 8.75. The Morgan fingerprint density at radius 3 is 2.81 bits per heavy atom. The molecule has 0 unspecified atom stereocenters. The standard InChI is InChI=1S/C17H15N3O/c18-11-12-4-3-5-13(10-12)20-17(21)15-8-9-19-16-7-2-1-6-14(15)16/h1-10H,11,18H2,(H,20,21). The molecule has 4 heteroatoms. The molecule has 4 nitrogen and oxygen atoms in total. The highest BCUT2D eigenvalue weighted by Crippen LogP contribution is 2.18. The van der Waals surface area contributed by atoms with Gasteiger partial charge in [-0.2, -0.15) is 0 Å². The number of amides is 1. The number of hydrogen-bond donors (Lipinski definition) is 2. The van der Waals surface area contributed by atoms with Crippen LogP contribution in [0.1, 0.15) is 15.9 Å². The van der Waals surface area contributed by atoms with Gasteiger partial charge in [0.25, 0.3) is 5.91 Å². The first-order chi connectivity index (χ1) is 10.3. The first kappa shape index (κ1) is 13.3. The lowest BCUT2D eigenvalue weighted by molar-refractivity contribution is 0.102. The zero-order chi connectivity index (χ0) is 14.7. The van der Waals surface area contributed by atoms with Gasteiger partial charge in [0.1, 0.15) is 0 Å². The third kappa shape index (κ3) is 2.75. The predicted molar refractivity (Wildman–Crippen MR) is 84.0 cm³/mol. The molecule has 1 heterocycles. The zero-order valence-corrected chi connectivity index (χ0v) is 11.4. The molecule has 0 radical (unpaired) electrons. The molecule has 0 saturated heterocycles. The monoisotopic (exact) mass is 277 g/mol. The van der Waals surface area contributed by atoms with Crippen molar-refractivity contribution in [2.45, 2.75) is 6.54 Å². The van der Waals surface area contributed by atoms with Crippen LogP contribution in [0.3, 0.4) is 0 Å². The molecule has 104 valence electrons. The molecule has 1 aromatic heterocycles. The van der Waals surface area contributed by atoms with E-state index >= 15 is 0 Å². The Morgan fingerprint density at radius 2 is 1.95 bits per heavy atom. The summed E-state index contributed by atoms with van der Waals surface area (Å²) in [4.78, 5) is 16.7. The van der Waals surface area contributed by atoms with E-state index in [9.17, 15) is 4.79 Å². The third-order valence-corrected chi connectivity index (χ3v) is 3.31. The quantitative estimate of drug-likeness (QED) is 0.773. The summed E-state index contributed by atoms with van der Waals surface area (Å²) in [5, 5.41) is 3.74. The van der Waals surface area contributed by atoms with E-state index < -0.39 is 0 Å². The average Bonchev–Trinajstić information content (AvgIpc) is 2.54. The third-order valence-electron chi connectivity index (χ3n) is 3.31. The molecule has 0 fully saturated rings. The van der Waals surface area contributed by atoms with Gasteiger partial charge in [-0.3, -0.25) is 9.78 Å². The number of nitrogens with zero attached hydrogens (tertiary/aromatic N) is 1. The van der Waals surface area contributed by atoms with Gasteiger partial charge in [0, 0.05) is 23.8 Å². The van der Waals surface area contributed by atoms with Gasteiger partial charge in [0.05, 0.1) is 11.1 Å². The second kappa shape index (κ2) is 5.73. The summed E-state index contributed by atoms with van der Waals surface area (Å²) in [6.07, 6.45) is 1.65. The van der Waals surface area contributed by atoms with Crippen LogP contribution in [0.2, 0.25) is 0 Å². The summed E-state index contributed by atoms with van der Waals surface area (Å²) < 4.78 is 0. The van der Waals surface area contributed by atoms with Crippen LogP contribution in [0.5, 0.6) is 0 Å². The van der Waals surface area contributed by atoms with E-state index in [1.165, 1.54) is 0 Å². The number of rotatable bonds is 3. The van der Waals surface area contributed by atoms with Crippen molar-refractivity contribution >= 4 is 22.5 Å². The number of fused-ring (bicyclic) bond motifs is 1. The van der Waals surface area contributed by atoms with Gasteiger partial charge in [-0.25, -0.2) is 0 Å². The van der Waals surface area contributed by atoms with Gasteiger partial charge in [0.2, 0.25) is 0 Å². The zero-order valence-electron chi connectivity index (χ0n) is 11.4. The number of carbonyl (C=O) groups excluding carboxylic acids is 1. The van der Waals surface area contributed by atoms with Crippen molar-refractivity contribution < 1.29 is 4.79 Å². The fourth-order valence-corrected chi connectivity index (χ4v) is 2.27. The van der Waals surface area contributed by atoms with Crippen molar-refractivity contribution in [3.63, 3.8) is 0 Å². The lowest BCUT2D eigenvalue weighted by Crippen LogP contribution is -2.13. The van der Waals surface area contributed by atoms with Crippen molar-refractivity contribution in [3.05, 3.63) is 71.9 Å². The van der Waals surface area contributed by atoms with Crippen LogP contribution < -0.4 is 11.1 Å². The van der Waals surface area contributed by atoms with Crippen molar-refractivity contribution in [3.8, 4) is 0 Å². The summed E-state index contributed by atoms with van der Waals surface area (Å²) in [6.45, 7) is 0.446. The van der Waals surface area contributed by atoms with Crippen molar-refractivity contribution in [2.24, 2.45) is 5.73 Å². The molecule has 0 spiro atoms. The maximum absolute atomic E-state index is 12.5. The molecule has 0 saturated carbocycles. The van der Waals surface area contributed by atoms with Crippen LogP contribution in [-0.2, 0) is 6.54 Å². The molecule has 21 heavy (non-hydrogen) atoms. The van der Waals surface area contributed by atoms with Crippen molar-refractivity contribution in [1.82, 2.24) is 4.98 Å². The van der Waals surface area contributed by atoms with E-state index in [0.29, 0.717) is 12.1 Å². The van der Waals surface area contributed by atoms with Crippen molar-refractivity contribution in [2.75, 3.05) is 5.32 Å². The highest BCUT2D eigenvalue weighted by molar-refractivity contribution is 6.12. The fraction of sp³-hybridized carbons (Fsp3) is 0.0588. The number of pyridine rings is 1. The molecular formula is C17H15N3O. The minimum atomic E-state index is -0.150. The highest BCUT2D eigenvalue weighted by atomic mass is 16.1. The first-order valence-corrected chi connectivity index (χ1v) is 6.72. The van der Waals surface area contributed by atoms with E-state index in [2.05, 4.69) is 10.3 Å². The molecule has 0 aliphatic carbocycles. The topological polar surface area (TPSA) is 68.0 Å². The van der Waals surface area contributed by atoms with Gasteiger partial charge >= 0.3 is 0 Å². The van der Waals surface area contributed by atoms with Gasteiger partial charge in [0.15, 0.2) is 0 Å². The minimum absolute atomic E-state index is 0.150. The molecule has 3 N–H and O–H groups in total. The number of anilines is 1. The Balaban J connectivity index is 1.93. The van der Waals surface area contributed by atoms with Crippen LogP contribution in [0.25, 0.3) is 10.9 Å². The molecule has 0 atom stereocenters. The van der Waals surface area contributed by atoms with Crippen LogP contribution in [0.15, 0.2) is 60.8 Å². The van der Waals surface area contributed by atoms with E-state index in [1.54, 1.807) is 12.3 Å². The second-order valence-corrected chi connectivity index (χ2v) is 4.73. The molecule has 0 aliphatic heterocycles. The number of hydrogen-bond acceptors (Lipinski definition) is 3. The van der Waals surface area contributed by atoms with Crippen LogP contribution in [0, 0.1) is 0 Å². The average molecular weight is 277 g/mol. The number of benzene rings is 2. The summed E-state index contributed by atoms with van der Waals surface area (Å²) in [7, 11) is 0. The van der Waals surface area contributed by atoms with Gasteiger partial charge < -0.3 is 11.1 Å². The predicted octanol–water partition coefficient (Wildman–Crippen LogP) is 2.95. The molecule has 1 amide bonds. The van der Waals surface area contributed by atoms with Crippen molar-refractivity contribution in [1.29, 1.82) is 0 Å². The number of nitrogens with two attached hydrogens (primary N) is 1. The van der Waals surface area contributed by atoms with E-state index in [0.717, 1.165) is 22.2 Å². The van der Waals surface area contributed by atoms with Gasteiger partial charge in [-0.1, -0.05) is 30.3 Å². The highest BCUT2D eigenvalue weighted by Gasteiger charge is 2.10. The minimum Gasteiger partial charge on any atom is -0.326 e. The summed E-state index contributed by atoms with van der Waals surface area (Å²) in [6, 6.07) is 16.8. The number of carbonyl (C=O) groups is 1. The fourth-order valence-electron chi connectivity index (χ4n) is 2.27. The van der Waals surface area contributed by atoms with Gasteiger partial charge in [-0.15, -0.1) is 0 Å². The molecular weight excluding hydrogens is 262 g/mol. The Hall–Kier alpha value is -2.72. The maximum Gasteiger partial charge on any atom is 0.256 e. The van der Waals surface area contributed by atoms with Crippen LogP contribution >= 0.6 is 0 Å². The van der Waals surface area contributed by atoms with E-state index in [1.807, 2.05) is 48.5 Å². The number of aromatic nitrogens is 1. The number of para-hydroxylation sites is 1. The van der Waals surface area contributed by atoms with Crippen LogP contribution in [0.4, 0.5) is 5.69 Å². The summed E-state index contributed by atoms with van der Waals surface area (Å²) >= 11 is 0. The lowest BCUT2D eigenvalue weighted by Gasteiger charge is -2.08. The number of nitrogens with one attached hydrogen (secondary N) is 1. The Bertz CT molecular complexity index is 793. The summed E-state index contributed by atoms with van der Waals surface area (Å²) in [5.74, 6) is -0.150. The van der Waals surface area contributed by atoms with Gasteiger partial charge in [-0.05, 0) is 29.8 Å². The van der Waals surface area contributed by atoms with E-state index in [4.69, 9.17) is 5.73 Å². The molecule has 3 aromatic rings. The van der Waals surface area contributed by atoms with Crippen LogP contribution in [-0.4, -0.2) is 10.9 Å².